The highest BCUT2D eigenvalue weighted by Gasteiger charge is 2.09. The van der Waals surface area contributed by atoms with Gasteiger partial charge in [0.15, 0.2) is 0 Å². The predicted octanol–water partition coefficient (Wildman–Crippen LogP) is 5.00. The minimum Gasteiger partial charge on any atom is -0.240 e. The van der Waals surface area contributed by atoms with Crippen LogP contribution >= 0.6 is 38.6 Å². The minimum atomic E-state index is 0.958. The molecule has 2 aromatic heterocycles. The van der Waals surface area contributed by atoms with Crippen molar-refractivity contribution < 1.29 is 0 Å². The summed E-state index contributed by atoms with van der Waals surface area (Å²) in [5.41, 5.74) is 3.06. The van der Waals surface area contributed by atoms with Gasteiger partial charge in [-0.2, -0.15) is 0 Å². The maximum atomic E-state index is 4.65. The van der Waals surface area contributed by atoms with E-state index in [2.05, 4.69) is 48.8 Å². The smallest absolute Gasteiger partial charge is 0.124 e. The Labute approximate surface area is 121 Å². The van der Waals surface area contributed by atoms with Gasteiger partial charge < -0.3 is 0 Å². The second-order valence-electron chi connectivity index (χ2n) is 3.80. The third-order valence-corrected chi connectivity index (χ3v) is 4.62. The molecule has 2 nitrogen and oxygen atoms in total. The molecule has 0 aliphatic rings. The molecule has 90 valence electrons. The lowest BCUT2D eigenvalue weighted by molar-refractivity contribution is 1.27. The van der Waals surface area contributed by atoms with E-state index in [9.17, 15) is 0 Å². The van der Waals surface area contributed by atoms with Gasteiger partial charge in [0, 0.05) is 20.8 Å². The molecule has 18 heavy (non-hydrogen) atoms. The number of halogens is 1. The third kappa shape index (κ3) is 2.39. The summed E-state index contributed by atoms with van der Waals surface area (Å²) in [5, 5.41) is 6.21. The van der Waals surface area contributed by atoms with Crippen molar-refractivity contribution in [2.45, 2.75) is 6.92 Å². The first kappa shape index (κ1) is 12.0. The van der Waals surface area contributed by atoms with Crippen molar-refractivity contribution in [2.75, 3.05) is 0 Å². The van der Waals surface area contributed by atoms with E-state index in [0.29, 0.717) is 0 Å². The number of nitrogens with zero attached hydrogens (tertiary/aromatic N) is 2. The fraction of sp³-hybridized carbons (Fsp3) is 0.0769. The maximum Gasteiger partial charge on any atom is 0.124 e. The van der Waals surface area contributed by atoms with E-state index >= 15 is 0 Å². The third-order valence-electron chi connectivity index (χ3n) is 2.46. The van der Waals surface area contributed by atoms with Crippen LogP contribution < -0.4 is 0 Å². The maximum absolute atomic E-state index is 4.65. The second kappa shape index (κ2) is 4.91. The van der Waals surface area contributed by atoms with Crippen molar-refractivity contribution in [2.24, 2.45) is 0 Å². The van der Waals surface area contributed by atoms with E-state index in [1.54, 1.807) is 22.7 Å². The predicted molar refractivity (Wildman–Crippen MR) is 81.1 cm³/mol. The molecular formula is C13H9BrN2S2. The van der Waals surface area contributed by atoms with Crippen LogP contribution in [0.1, 0.15) is 5.01 Å². The Bertz CT molecular complexity index is 688. The van der Waals surface area contributed by atoms with Gasteiger partial charge in [-0.15, -0.1) is 22.7 Å². The highest BCUT2D eigenvalue weighted by molar-refractivity contribution is 9.10. The molecule has 1 aromatic carbocycles. The molecule has 0 unspecified atom stereocenters. The number of hydrogen-bond acceptors (Lipinski definition) is 4. The lowest BCUT2D eigenvalue weighted by atomic mass is 10.2. The van der Waals surface area contributed by atoms with Crippen LogP contribution in [-0.4, -0.2) is 9.97 Å². The summed E-state index contributed by atoms with van der Waals surface area (Å²) in [6.07, 6.45) is 0. The van der Waals surface area contributed by atoms with Crippen LogP contribution in [0, 0.1) is 6.92 Å². The highest BCUT2D eigenvalue weighted by Crippen LogP contribution is 2.30. The first-order valence-electron chi connectivity index (χ1n) is 5.36. The number of thiazole rings is 2. The van der Waals surface area contributed by atoms with Crippen molar-refractivity contribution in [1.29, 1.82) is 0 Å². The standard InChI is InChI=1S/C13H9BrN2S2/c1-8-15-11(6-17-8)12-7-18-13(16-12)9-3-2-4-10(14)5-9/h2-7H,1H3. The van der Waals surface area contributed by atoms with Crippen molar-refractivity contribution >= 4 is 38.6 Å². The molecule has 0 bridgehead atoms. The molecule has 0 aliphatic carbocycles. The molecular weight excluding hydrogens is 328 g/mol. The lowest BCUT2D eigenvalue weighted by Crippen LogP contribution is -1.80. The van der Waals surface area contributed by atoms with Gasteiger partial charge in [0.1, 0.15) is 16.4 Å². The van der Waals surface area contributed by atoms with Crippen LogP contribution in [0.3, 0.4) is 0 Å². The summed E-state index contributed by atoms with van der Waals surface area (Å²) in [5.74, 6) is 0. The normalized spacial score (nSPS) is 10.8. The van der Waals surface area contributed by atoms with Crippen LogP contribution in [0.5, 0.6) is 0 Å². The minimum absolute atomic E-state index is 0.958. The Kier molecular flexibility index (Phi) is 3.28. The summed E-state index contributed by atoms with van der Waals surface area (Å²) in [4.78, 5) is 9.11. The summed E-state index contributed by atoms with van der Waals surface area (Å²) in [6, 6.07) is 8.18. The van der Waals surface area contributed by atoms with Gasteiger partial charge in [-0.1, -0.05) is 28.1 Å². The molecule has 0 N–H and O–H groups in total. The molecule has 0 fully saturated rings. The van der Waals surface area contributed by atoms with Crippen molar-refractivity contribution in [3.8, 4) is 22.0 Å². The van der Waals surface area contributed by atoms with Gasteiger partial charge in [-0.3, -0.25) is 0 Å². The van der Waals surface area contributed by atoms with E-state index < -0.39 is 0 Å². The van der Waals surface area contributed by atoms with E-state index in [1.807, 2.05) is 19.1 Å². The number of benzene rings is 1. The lowest BCUT2D eigenvalue weighted by Gasteiger charge is -1.96. The molecule has 3 aromatic rings. The average Bonchev–Trinajstić information content (AvgIpc) is 2.97. The zero-order chi connectivity index (χ0) is 12.5. The van der Waals surface area contributed by atoms with E-state index in [-0.39, 0.29) is 0 Å². The fourth-order valence-electron chi connectivity index (χ4n) is 1.63. The van der Waals surface area contributed by atoms with E-state index in [4.69, 9.17) is 0 Å². The molecule has 0 saturated carbocycles. The fourth-order valence-corrected chi connectivity index (χ4v) is 3.44. The summed E-state index contributed by atoms with van der Waals surface area (Å²) < 4.78 is 1.07. The van der Waals surface area contributed by atoms with Gasteiger partial charge in [0.2, 0.25) is 0 Å². The van der Waals surface area contributed by atoms with Gasteiger partial charge in [0.25, 0.3) is 0 Å². The number of aromatic nitrogens is 2. The summed E-state index contributed by atoms with van der Waals surface area (Å²) in [7, 11) is 0. The van der Waals surface area contributed by atoms with E-state index in [0.717, 1.165) is 31.4 Å². The Balaban J connectivity index is 1.99. The zero-order valence-corrected chi connectivity index (χ0v) is 12.8. The molecule has 0 aliphatic heterocycles. The largest absolute Gasteiger partial charge is 0.240 e. The van der Waals surface area contributed by atoms with Gasteiger partial charge in [-0.25, -0.2) is 9.97 Å². The number of aryl methyl sites for hydroxylation is 1. The Morgan fingerprint density at radius 2 is 1.83 bits per heavy atom. The molecule has 0 saturated heterocycles. The molecule has 0 radical (unpaired) electrons. The van der Waals surface area contributed by atoms with Crippen LogP contribution in [0.4, 0.5) is 0 Å². The van der Waals surface area contributed by atoms with Crippen molar-refractivity contribution in [3.63, 3.8) is 0 Å². The Morgan fingerprint density at radius 1 is 1.06 bits per heavy atom. The molecule has 3 rings (SSSR count). The van der Waals surface area contributed by atoms with Gasteiger partial charge >= 0.3 is 0 Å². The quantitative estimate of drug-likeness (QED) is 0.657. The van der Waals surface area contributed by atoms with Crippen LogP contribution in [-0.2, 0) is 0 Å². The first-order chi connectivity index (χ1) is 8.72. The second-order valence-corrected chi connectivity index (χ2v) is 6.64. The summed E-state index contributed by atoms with van der Waals surface area (Å²) in [6.45, 7) is 2.01. The van der Waals surface area contributed by atoms with Crippen molar-refractivity contribution in [1.82, 2.24) is 9.97 Å². The molecule has 0 spiro atoms. The van der Waals surface area contributed by atoms with Crippen molar-refractivity contribution in [3.05, 3.63) is 44.5 Å². The zero-order valence-electron chi connectivity index (χ0n) is 9.55. The number of hydrogen-bond donors (Lipinski definition) is 0. The van der Waals surface area contributed by atoms with Crippen LogP contribution in [0.2, 0.25) is 0 Å². The Morgan fingerprint density at radius 3 is 2.56 bits per heavy atom. The average molecular weight is 337 g/mol. The van der Waals surface area contributed by atoms with Gasteiger partial charge in [0.05, 0.1) is 5.01 Å². The Hall–Kier alpha value is -1.04. The first-order valence-corrected chi connectivity index (χ1v) is 7.91. The molecule has 0 amide bonds. The van der Waals surface area contributed by atoms with Crippen LogP contribution in [0.25, 0.3) is 22.0 Å². The monoisotopic (exact) mass is 336 g/mol. The van der Waals surface area contributed by atoms with E-state index in [1.165, 1.54) is 0 Å². The topological polar surface area (TPSA) is 25.8 Å². The number of rotatable bonds is 2. The molecule has 5 heteroatoms. The van der Waals surface area contributed by atoms with Gasteiger partial charge in [-0.05, 0) is 19.1 Å². The highest BCUT2D eigenvalue weighted by atomic mass is 79.9. The van der Waals surface area contributed by atoms with Crippen LogP contribution in [0.15, 0.2) is 39.5 Å². The summed E-state index contributed by atoms with van der Waals surface area (Å²) >= 11 is 6.78. The molecule has 0 atom stereocenters. The molecule has 2 heterocycles. The SMILES string of the molecule is Cc1nc(-c2csc(-c3cccc(Br)c3)n2)cs1.